The van der Waals surface area contributed by atoms with Crippen molar-refractivity contribution in [2.45, 2.75) is 29.0 Å². The summed E-state index contributed by atoms with van der Waals surface area (Å²) < 4.78 is 6.15. The van der Waals surface area contributed by atoms with E-state index in [4.69, 9.17) is 4.74 Å². The van der Waals surface area contributed by atoms with E-state index in [-0.39, 0.29) is 5.25 Å². The van der Waals surface area contributed by atoms with Crippen molar-refractivity contribution in [2.75, 3.05) is 12.4 Å². The van der Waals surface area contributed by atoms with Crippen LogP contribution in [0.3, 0.4) is 0 Å². The molecule has 2 aromatic carbocycles. The average molecular weight is 516 g/mol. The lowest BCUT2D eigenvalue weighted by atomic mass is 9.97. The Balaban J connectivity index is 1.36. The summed E-state index contributed by atoms with van der Waals surface area (Å²) in [6, 6.07) is 16.8. The van der Waals surface area contributed by atoms with Crippen LogP contribution >= 0.6 is 23.1 Å². The molecule has 0 fully saturated rings. The highest BCUT2D eigenvalue weighted by molar-refractivity contribution is 8.01. The Bertz CT molecular complexity index is 1500. The number of aliphatic hydroxyl groups is 1. The van der Waals surface area contributed by atoms with Crippen LogP contribution < -0.4 is 10.1 Å². The fourth-order valence-corrected chi connectivity index (χ4v) is 6.35. The van der Waals surface area contributed by atoms with Crippen molar-refractivity contribution in [3.63, 3.8) is 0 Å². The molecule has 1 amide bonds. The smallest absolute Gasteiger partial charge is 0.259 e. The Hall–Kier alpha value is -3.78. The molecule has 1 aliphatic carbocycles. The van der Waals surface area contributed by atoms with Crippen LogP contribution in [0.15, 0.2) is 59.1 Å². The third kappa shape index (κ3) is 4.68. The molecule has 2 atom stereocenters. The highest BCUT2D eigenvalue weighted by Gasteiger charge is 2.32. The number of hydrogen-bond acceptors (Lipinski definition) is 9. The van der Waals surface area contributed by atoms with Gasteiger partial charge in [-0.25, -0.2) is 0 Å². The van der Waals surface area contributed by atoms with Crippen LogP contribution in [0.1, 0.15) is 38.8 Å². The molecule has 0 unspecified atom stereocenters. The minimum atomic E-state index is -0.575. The van der Waals surface area contributed by atoms with Gasteiger partial charge in [-0.2, -0.15) is 5.26 Å². The first-order valence-corrected chi connectivity index (χ1v) is 12.8. The molecule has 10 heteroatoms. The lowest BCUT2D eigenvalue weighted by Crippen LogP contribution is -2.14. The number of fused-ring (bicyclic) bond motifs is 1. The maximum Gasteiger partial charge on any atom is 0.259 e. The van der Waals surface area contributed by atoms with Gasteiger partial charge < -0.3 is 9.84 Å². The molecule has 5 rings (SSSR count). The predicted octanol–water partition coefficient (Wildman–Crippen LogP) is 4.79. The van der Waals surface area contributed by atoms with Gasteiger partial charge in [-0.3, -0.25) is 15.1 Å². The van der Waals surface area contributed by atoms with Gasteiger partial charge in [-0.05, 0) is 48.7 Å². The summed E-state index contributed by atoms with van der Waals surface area (Å²) >= 11 is 2.71. The summed E-state index contributed by atoms with van der Waals surface area (Å²) in [5.74, 6) is 0.141. The van der Waals surface area contributed by atoms with E-state index in [0.29, 0.717) is 37.5 Å². The SMILES string of the molecule is COc1ccc(C#N)cc1-c1cc(C)ncc1C(=O)Nc1nnc(S[C@@H]2Cc3ccccc3[C@H]2O)s1. The Morgan fingerprint density at radius 1 is 1.22 bits per heavy atom. The number of carbonyl (C=O) groups is 1. The number of methoxy groups -OCH3 is 1. The summed E-state index contributed by atoms with van der Waals surface area (Å²) in [6.45, 7) is 1.83. The number of benzene rings is 2. The summed E-state index contributed by atoms with van der Waals surface area (Å²) in [6.07, 6.45) is 1.67. The number of aromatic nitrogens is 3. The van der Waals surface area contributed by atoms with E-state index in [1.54, 1.807) is 31.4 Å². The van der Waals surface area contributed by atoms with Crippen molar-refractivity contribution in [3.05, 3.63) is 82.7 Å². The van der Waals surface area contributed by atoms with E-state index >= 15 is 0 Å². The van der Waals surface area contributed by atoms with Gasteiger partial charge in [0.05, 0.1) is 30.4 Å². The number of rotatable bonds is 6. The van der Waals surface area contributed by atoms with Crippen LogP contribution in [-0.4, -0.2) is 38.6 Å². The van der Waals surface area contributed by atoms with Gasteiger partial charge in [0.15, 0.2) is 4.34 Å². The summed E-state index contributed by atoms with van der Waals surface area (Å²) in [5, 5.41) is 31.5. The monoisotopic (exact) mass is 515 g/mol. The number of carbonyl (C=O) groups excluding carboxylic acids is 1. The van der Waals surface area contributed by atoms with Gasteiger partial charge in [-0.15, -0.1) is 10.2 Å². The second-order valence-electron chi connectivity index (χ2n) is 8.23. The first-order valence-electron chi connectivity index (χ1n) is 11.1. The molecular formula is C26H21N5O3S2. The lowest BCUT2D eigenvalue weighted by molar-refractivity contribution is 0.102. The Labute approximate surface area is 216 Å². The van der Waals surface area contributed by atoms with Gasteiger partial charge in [0, 0.05) is 28.3 Å². The van der Waals surface area contributed by atoms with Crippen molar-refractivity contribution >= 4 is 34.1 Å². The normalized spacial score (nSPS) is 16.3. The molecule has 2 N–H and O–H groups in total. The van der Waals surface area contributed by atoms with Gasteiger partial charge in [0.25, 0.3) is 5.91 Å². The Morgan fingerprint density at radius 3 is 2.83 bits per heavy atom. The second kappa shape index (κ2) is 10.1. The first kappa shape index (κ1) is 23.9. The summed E-state index contributed by atoms with van der Waals surface area (Å²) in [7, 11) is 1.54. The third-order valence-corrected chi connectivity index (χ3v) is 8.11. The van der Waals surface area contributed by atoms with Gasteiger partial charge in [0.1, 0.15) is 5.75 Å². The number of ether oxygens (including phenoxy) is 1. The number of nitriles is 1. The molecule has 2 heterocycles. The van der Waals surface area contributed by atoms with E-state index < -0.39 is 12.0 Å². The standard InChI is InChI=1S/C26H21N5O3S2/c1-14-9-18(19-10-15(12-27)7-8-21(19)34-2)20(13-28-14)24(33)29-25-30-31-26(36-25)35-22-11-16-5-3-4-6-17(16)23(22)32/h3-10,13,22-23,32H,11H2,1-2H3,(H,29,30,33)/t22-,23-/m1/s1. The predicted molar refractivity (Wildman–Crippen MR) is 138 cm³/mol. The van der Waals surface area contributed by atoms with Crippen molar-refractivity contribution < 1.29 is 14.6 Å². The van der Waals surface area contributed by atoms with E-state index in [0.717, 1.165) is 23.2 Å². The molecule has 8 nitrogen and oxygen atoms in total. The zero-order valence-corrected chi connectivity index (χ0v) is 21.1. The van der Waals surface area contributed by atoms with E-state index in [1.165, 1.54) is 29.3 Å². The average Bonchev–Trinajstić information content (AvgIpc) is 3.47. The van der Waals surface area contributed by atoms with Crippen LogP contribution in [0.25, 0.3) is 11.1 Å². The van der Waals surface area contributed by atoms with Gasteiger partial charge in [0.2, 0.25) is 5.13 Å². The van der Waals surface area contributed by atoms with Crippen molar-refractivity contribution in [1.29, 1.82) is 5.26 Å². The molecule has 1 aliphatic rings. The van der Waals surface area contributed by atoms with Crippen molar-refractivity contribution in [2.24, 2.45) is 0 Å². The van der Waals surface area contributed by atoms with Crippen molar-refractivity contribution in [3.8, 4) is 22.9 Å². The van der Waals surface area contributed by atoms with Crippen LogP contribution in [0, 0.1) is 18.3 Å². The molecule has 0 saturated carbocycles. The minimum absolute atomic E-state index is 0.0633. The molecule has 0 aliphatic heterocycles. The molecular weight excluding hydrogens is 494 g/mol. The molecule has 0 radical (unpaired) electrons. The lowest BCUT2D eigenvalue weighted by Gasteiger charge is -2.13. The minimum Gasteiger partial charge on any atom is -0.496 e. The van der Waals surface area contributed by atoms with Crippen LogP contribution in [0.2, 0.25) is 0 Å². The van der Waals surface area contributed by atoms with Gasteiger partial charge in [-0.1, -0.05) is 47.4 Å². The third-order valence-electron chi connectivity index (χ3n) is 5.93. The van der Waals surface area contributed by atoms with E-state index in [1.807, 2.05) is 31.2 Å². The molecule has 0 bridgehead atoms. The fraction of sp³-hybridized carbons (Fsp3) is 0.192. The maximum absolute atomic E-state index is 13.3. The molecule has 0 saturated heterocycles. The van der Waals surface area contributed by atoms with Crippen LogP contribution in [0.5, 0.6) is 5.75 Å². The number of thioether (sulfide) groups is 1. The number of amides is 1. The molecule has 36 heavy (non-hydrogen) atoms. The topological polar surface area (TPSA) is 121 Å². The van der Waals surface area contributed by atoms with Gasteiger partial charge >= 0.3 is 0 Å². The van der Waals surface area contributed by atoms with E-state index in [2.05, 4.69) is 26.6 Å². The highest BCUT2D eigenvalue weighted by atomic mass is 32.2. The van der Waals surface area contributed by atoms with Crippen molar-refractivity contribution in [1.82, 2.24) is 15.2 Å². The largest absolute Gasteiger partial charge is 0.496 e. The van der Waals surface area contributed by atoms with Crippen LogP contribution in [0.4, 0.5) is 5.13 Å². The maximum atomic E-state index is 13.3. The molecule has 180 valence electrons. The number of nitrogens with one attached hydrogen (secondary N) is 1. The van der Waals surface area contributed by atoms with Crippen LogP contribution in [-0.2, 0) is 6.42 Å². The molecule has 2 aromatic heterocycles. The Morgan fingerprint density at radius 2 is 2.06 bits per heavy atom. The number of nitrogens with zero attached hydrogens (tertiary/aromatic N) is 4. The first-order chi connectivity index (χ1) is 17.5. The zero-order valence-electron chi connectivity index (χ0n) is 19.4. The number of hydrogen-bond donors (Lipinski definition) is 2. The number of anilines is 1. The summed E-state index contributed by atoms with van der Waals surface area (Å²) in [5.41, 5.74) is 4.79. The molecule has 0 spiro atoms. The molecule has 4 aromatic rings. The highest BCUT2D eigenvalue weighted by Crippen LogP contribution is 2.42. The zero-order chi connectivity index (χ0) is 25.2. The van der Waals surface area contributed by atoms with E-state index in [9.17, 15) is 15.2 Å². The second-order valence-corrected chi connectivity index (χ2v) is 10.7. The summed E-state index contributed by atoms with van der Waals surface area (Å²) in [4.78, 5) is 17.6. The number of pyridine rings is 1. The number of aliphatic hydroxyl groups excluding tert-OH is 1. The number of aryl methyl sites for hydroxylation is 1. The fourth-order valence-electron chi connectivity index (χ4n) is 4.20. The quantitative estimate of drug-likeness (QED) is 0.352. The Kier molecular flexibility index (Phi) is 6.69.